The Morgan fingerprint density at radius 3 is 2.41 bits per heavy atom. The third-order valence-corrected chi connectivity index (χ3v) is 5.53. The number of para-hydroxylation sites is 1. The number of carbonyl (C=O) groups is 2. The quantitative estimate of drug-likeness (QED) is 0.724. The van der Waals surface area contributed by atoms with Gasteiger partial charge in [0.05, 0.1) is 11.6 Å². The molecule has 2 amide bonds. The van der Waals surface area contributed by atoms with Gasteiger partial charge in [-0.3, -0.25) is 9.59 Å². The van der Waals surface area contributed by atoms with Crippen LogP contribution in [0.5, 0.6) is 5.75 Å². The molecule has 1 N–H and O–H groups in total. The van der Waals surface area contributed by atoms with E-state index in [1.165, 1.54) is 0 Å². The fourth-order valence-corrected chi connectivity index (χ4v) is 3.73. The second-order valence-electron chi connectivity index (χ2n) is 8.22. The van der Waals surface area contributed by atoms with Crippen molar-refractivity contribution in [2.24, 2.45) is 5.92 Å². The number of nitriles is 1. The SMILES string of the molecule is CC(C)C(NC(=O)COc1ccccc1)C(=O)N1CCCN(c2ccc(C#N)cc2)CC1. The number of carbonyl (C=O) groups excluding carboxylic acids is 2. The first-order valence-electron chi connectivity index (χ1n) is 11.0. The zero-order chi connectivity index (χ0) is 22.9. The molecule has 1 fully saturated rings. The van der Waals surface area contributed by atoms with E-state index in [1.807, 2.05) is 61.2 Å². The average Bonchev–Trinajstić information content (AvgIpc) is 3.08. The van der Waals surface area contributed by atoms with Crippen molar-refractivity contribution in [2.75, 3.05) is 37.7 Å². The summed E-state index contributed by atoms with van der Waals surface area (Å²) in [5.74, 6) is 0.205. The zero-order valence-corrected chi connectivity index (χ0v) is 18.7. The van der Waals surface area contributed by atoms with Crippen LogP contribution in [0.1, 0.15) is 25.8 Å². The van der Waals surface area contributed by atoms with Crippen LogP contribution in [-0.4, -0.2) is 55.5 Å². The summed E-state index contributed by atoms with van der Waals surface area (Å²) in [5, 5.41) is 11.8. The van der Waals surface area contributed by atoms with Gasteiger partial charge < -0.3 is 19.9 Å². The third-order valence-electron chi connectivity index (χ3n) is 5.53. The maximum atomic E-state index is 13.2. The van der Waals surface area contributed by atoms with Crippen molar-refractivity contribution in [1.82, 2.24) is 10.2 Å². The molecule has 0 radical (unpaired) electrons. The number of anilines is 1. The van der Waals surface area contributed by atoms with Gasteiger partial charge in [-0.1, -0.05) is 32.0 Å². The van der Waals surface area contributed by atoms with Gasteiger partial charge in [-0.25, -0.2) is 0 Å². The lowest BCUT2D eigenvalue weighted by Gasteiger charge is -2.29. The van der Waals surface area contributed by atoms with Crippen LogP contribution >= 0.6 is 0 Å². The van der Waals surface area contributed by atoms with E-state index in [-0.39, 0.29) is 24.3 Å². The Kier molecular flexibility index (Phi) is 8.09. The van der Waals surface area contributed by atoms with E-state index in [9.17, 15) is 9.59 Å². The summed E-state index contributed by atoms with van der Waals surface area (Å²) in [7, 11) is 0. The molecular formula is C25H30N4O3. The van der Waals surface area contributed by atoms with Gasteiger partial charge in [-0.2, -0.15) is 5.26 Å². The van der Waals surface area contributed by atoms with E-state index in [1.54, 1.807) is 12.1 Å². The van der Waals surface area contributed by atoms with Gasteiger partial charge in [0.2, 0.25) is 5.91 Å². The Morgan fingerprint density at radius 1 is 1.03 bits per heavy atom. The predicted molar refractivity (Wildman–Crippen MR) is 123 cm³/mol. The smallest absolute Gasteiger partial charge is 0.258 e. The van der Waals surface area contributed by atoms with Crippen LogP contribution in [0.3, 0.4) is 0 Å². The number of ether oxygens (including phenoxy) is 1. The Hall–Kier alpha value is -3.53. The summed E-state index contributed by atoms with van der Waals surface area (Å²) in [6.07, 6.45) is 0.835. The van der Waals surface area contributed by atoms with Crippen LogP contribution in [0, 0.1) is 17.2 Å². The first-order valence-corrected chi connectivity index (χ1v) is 11.0. The van der Waals surface area contributed by atoms with Gasteiger partial charge in [0.1, 0.15) is 11.8 Å². The van der Waals surface area contributed by atoms with E-state index < -0.39 is 6.04 Å². The minimum Gasteiger partial charge on any atom is -0.484 e. The molecule has 1 aliphatic rings. The molecule has 3 rings (SSSR count). The molecule has 1 atom stereocenters. The first kappa shape index (κ1) is 23.1. The van der Waals surface area contributed by atoms with Crippen LogP contribution in [0.4, 0.5) is 5.69 Å². The van der Waals surface area contributed by atoms with E-state index in [4.69, 9.17) is 10.00 Å². The minimum atomic E-state index is -0.594. The number of benzene rings is 2. The number of hydrogen-bond donors (Lipinski definition) is 1. The zero-order valence-electron chi connectivity index (χ0n) is 18.7. The number of nitrogens with one attached hydrogen (secondary N) is 1. The highest BCUT2D eigenvalue weighted by atomic mass is 16.5. The molecule has 1 saturated heterocycles. The molecule has 1 heterocycles. The second kappa shape index (κ2) is 11.2. The second-order valence-corrected chi connectivity index (χ2v) is 8.22. The predicted octanol–water partition coefficient (Wildman–Crippen LogP) is 2.82. The van der Waals surface area contributed by atoms with Gasteiger partial charge in [-0.05, 0) is 48.7 Å². The number of hydrogen-bond acceptors (Lipinski definition) is 5. The number of amides is 2. The monoisotopic (exact) mass is 434 g/mol. The summed E-state index contributed by atoms with van der Waals surface area (Å²) >= 11 is 0. The Labute approximate surface area is 189 Å². The molecule has 0 spiro atoms. The van der Waals surface area contributed by atoms with Crippen LogP contribution in [0.2, 0.25) is 0 Å². The van der Waals surface area contributed by atoms with Gasteiger partial charge in [-0.15, -0.1) is 0 Å². The molecule has 0 saturated carbocycles. The standard InChI is InChI=1S/C25H30N4O3/c1-19(2)24(27-23(30)18-32-22-7-4-3-5-8-22)25(31)29-14-6-13-28(15-16-29)21-11-9-20(17-26)10-12-21/h3-5,7-12,19,24H,6,13-16,18H2,1-2H3,(H,27,30). The van der Waals surface area contributed by atoms with Gasteiger partial charge >= 0.3 is 0 Å². The lowest BCUT2D eigenvalue weighted by molar-refractivity contribution is -0.138. The highest BCUT2D eigenvalue weighted by molar-refractivity contribution is 5.88. The number of rotatable bonds is 7. The molecular weight excluding hydrogens is 404 g/mol. The van der Waals surface area contributed by atoms with Crippen molar-refractivity contribution in [1.29, 1.82) is 5.26 Å². The topological polar surface area (TPSA) is 85.7 Å². The summed E-state index contributed by atoms with van der Waals surface area (Å²) in [5.41, 5.74) is 1.68. The van der Waals surface area contributed by atoms with E-state index >= 15 is 0 Å². The molecule has 0 aromatic heterocycles. The summed E-state index contributed by atoms with van der Waals surface area (Å²) in [6, 6.07) is 18.2. The molecule has 2 aromatic rings. The average molecular weight is 435 g/mol. The van der Waals surface area contributed by atoms with Crippen LogP contribution in [0.25, 0.3) is 0 Å². The van der Waals surface area contributed by atoms with E-state index in [0.29, 0.717) is 30.9 Å². The first-order chi connectivity index (χ1) is 15.5. The van der Waals surface area contributed by atoms with Gasteiger partial charge in [0.25, 0.3) is 5.91 Å². The van der Waals surface area contributed by atoms with Crippen molar-refractivity contribution >= 4 is 17.5 Å². The Balaban J connectivity index is 1.56. The third kappa shape index (κ3) is 6.24. The fourth-order valence-electron chi connectivity index (χ4n) is 3.73. The summed E-state index contributed by atoms with van der Waals surface area (Å²) < 4.78 is 5.51. The minimum absolute atomic E-state index is 0.0407. The summed E-state index contributed by atoms with van der Waals surface area (Å²) in [4.78, 5) is 29.7. The van der Waals surface area contributed by atoms with E-state index in [2.05, 4.69) is 16.3 Å². The molecule has 1 unspecified atom stereocenters. The highest BCUT2D eigenvalue weighted by Crippen LogP contribution is 2.18. The molecule has 168 valence electrons. The normalized spacial score (nSPS) is 14.9. The fraction of sp³-hybridized carbons (Fsp3) is 0.400. The molecule has 0 aliphatic carbocycles. The van der Waals surface area contributed by atoms with Gasteiger partial charge in [0.15, 0.2) is 6.61 Å². The van der Waals surface area contributed by atoms with Crippen molar-refractivity contribution < 1.29 is 14.3 Å². The lowest BCUT2D eigenvalue weighted by atomic mass is 10.0. The Morgan fingerprint density at radius 2 is 1.75 bits per heavy atom. The molecule has 7 heteroatoms. The van der Waals surface area contributed by atoms with Crippen molar-refractivity contribution in [3.8, 4) is 11.8 Å². The van der Waals surface area contributed by atoms with Crippen LogP contribution in [0.15, 0.2) is 54.6 Å². The largest absolute Gasteiger partial charge is 0.484 e. The van der Waals surface area contributed by atoms with Crippen molar-refractivity contribution in [3.05, 3.63) is 60.2 Å². The molecule has 1 aliphatic heterocycles. The molecule has 7 nitrogen and oxygen atoms in total. The van der Waals surface area contributed by atoms with Gasteiger partial charge in [0, 0.05) is 31.9 Å². The lowest BCUT2D eigenvalue weighted by Crippen LogP contribution is -2.52. The highest BCUT2D eigenvalue weighted by Gasteiger charge is 2.30. The molecule has 0 bridgehead atoms. The molecule has 2 aromatic carbocycles. The maximum absolute atomic E-state index is 13.2. The van der Waals surface area contributed by atoms with Crippen molar-refractivity contribution in [2.45, 2.75) is 26.3 Å². The Bertz CT molecular complexity index is 938. The van der Waals surface area contributed by atoms with E-state index in [0.717, 1.165) is 18.7 Å². The maximum Gasteiger partial charge on any atom is 0.258 e. The van der Waals surface area contributed by atoms with Crippen LogP contribution in [-0.2, 0) is 9.59 Å². The summed E-state index contributed by atoms with van der Waals surface area (Å²) in [6.45, 7) is 6.49. The van der Waals surface area contributed by atoms with Crippen molar-refractivity contribution in [3.63, 3.8) is 0 Å². The molecule has 32 heavy (non-hydrogen) atoms. The van der Waals surface area contributed by atoms with Crippen LogP contribution < -0.4 is 15.0 Å². The number of nitrogens with zero attached hydrogens (tertiary/aromatic N) is 3.